The summed E-state index contributed by atoms with van der Waals surface area (Å²) < 4.78 is 13.8. The summed E-state index contributed by atoms with van der Waals surface area (Å²) in [6.45, 7) is 1.88. The van der Waals surface area contributed by atoms with Crippen molar-refractivity contribution in [2.45, 2.75) is 13.0 Å². The summed E-state index contributed by atoms with van der Waals surface area (Å²) in [5.74, 6) is 1.26. The molecule has 0 saturated heterocycles. The Kier molecular flexibility index (Phi) is 6.17. The van der Waals surface area contributed by atoms with E-state index >= 15 is 0 Å². The fourth-order valence-corrected chi connectivity index (χ4v) is 4.86. The predicted octanol–water partition coefficient (Wildman–Crippen LogP) is 6.40. The van der Waals surface area contributed by atoms with Gasteiger partial charge in [-0.05, 0) is 36.8 Å². The summed E-state index contributed by atoms with van der Waals surface area (Å²) in [6, 6.07) is 18.7. The minimum atomic E-state index is -0.410. The van der Waals surface area contributed by atoms with Gasteiger partial charge in [0.25, 0.3) is 5.91 Å². The lowest BCUT2D eigenvalue weighted by molar-refractivity contribution is -0.113. The number of fused-ring (bicyclic) bond motifs is 3. The van der Waals surface area contributed by atoms with Gasteiger partial charge in [-0.15, -0.1) is 0 Å². The second-order valence-electron chi connectivity index (χ2n) is 8.05. The van der Waals surface area contributed by atoms with Gasteiger partial charge >= 0.3 is 0 Å². The van der Waals surface area contributed by atoms with Gasteiger partial charge in [-0.3, -0.25) is 9.36 Å². The lowest BCUT2D eigenvalue weighted by atomic mass is 9.94. The summed E-state index contributed by atoms with van der Waals surface area (Å²) in [5.41, 5.74) is 4.43. The number of benzene rings is 3. The first kappa shape index (κ1) is 23.3. The van der Waals surface area contributed by atoms with Gasteiger partial charge in [0.2, 0.25) is 5.95 Å². The number of nitrogens with one attached hydrogen (secondary N) is 2. The topological polar surface area (TPSA) is 77.4 Å². The Morgan fingerprint density at radius 1 is 1.09 bits per heavy atom. The highest BCUT2D eigenvalue weighted by atomic mass is 79.9. The molecule has 178 valence electrons. The number of imidazole rings is 1. The number of para-hydroxylation sites is 2. The lowest BCUT2D eigenvalue weighted by Crippen LogP contribution is -2.31. The average Bonchev–Trinajstić information content (AvgIpc) is 3.22. The van der Waals surface area contributed by atoms with Crippen molar-refractivity contribution in [2.75, 3.05) is 24.9 Å². The summed E-state index contributed by atoms with van der Waals surface area (Å²) >= 11 is 9.76. The molecule has 1 aliphatic rings. The zero-order valence-corrected chi connectivity index (χ0v) is 21.6. The molecule has 1 aliphatic heterocycles. The molecule has 2 N–H and O–H groups in total. The monoisotopic (exact) mass is 552 g/mol. The molecule has 1 amide bonds. The van der Waals surface area contributed by atoms with Crippen LogP contribution in [0, 0.1) is 0 Å². The molecule has 0 spiro atoms. The number of amides is 1. The van der Waals surface area contributed by atoms with Gasteiger partial charge < -0.3 is 20.1 Å². The van der Waals surface area contributed by atoms with E-state index in [9.17, 15) is 4.79 Å². The third-order valence-electron chi connectivity index (χ3n) is 5.98. The number of hydrogen-bond donors (Lipinski definition) is 2. The van der Waals surface area contributed by atoms with Gasteiger partial charge in [-0.2, -0.15) is 0 Å². The molecular formula is C26H22BrClN4O3. The molecule has 0 saturated carbocycles. The number of halogens is 2. The van der Waals surface area contributed by atoms with Crippen LogP contribution >= 0.6 is 27.5 Å². The van der Waals surface area contributed by atoms with Crippen LogP contribution in [0.1, 0.15) is 18.5 Å². The molecule has 0 unspecified atom stereocenters. The van der Waals surface area contributed by atoms with Crippen molar-refractivity contribution in [1.82, 2.24) is 9.55 Å². The van der Waals surface area contributed by atoms with E-state index in [4.69, 9.17) is 26.1 Å². The SMILES string of the molecule is COc1cc(NC(=O)C2=C(C)Nc3nc4ccccc4n3[C@H]2c2ccc(Br)cc2)c(OC)cc1Cl. The number of rotatable bonds is 5. The van der Waals surface area contributed by atoms with Crippen LogP contribution in [-0.4, -0.2) is 29.7 Å². The van der Waals surface area contributed by atoms with Crippen molar-refractivity contribution < 1.29 is 14.3 Å². The van der Waals surface area contributed by atoms with Crippen LogP contribution in [0.3, 0.4) is 0 Å². The van der Waals surface area contributed by atoms with Crippen LogP contribution in [0.2, 0.25) is 5.02 Å². The average molecular weight is 554 g/mol. The number of nitrogens with zero attached hydrogens (tertiary/aromatic N) is 2. The highest BCUT2D eigenvalue weighted by molar-refractivity contribution is 9.10. The van der Waals surface area contributed by atoms with Crippen LogP contribution in [0.4, 0.5) is 11.6 Å². The third kappa shape index (κ3) is 4.13. The number of hydrogen-bond acceptors (Lipinski definition) is 5. The Hall–Kier alpha value is -3.49. The number of methoxy groups -OCH3 is 2. The van der Waals surface area contributed by atoms with E-state index in [1.54, 1.807) is 12.1 Å². The minimum Gasteiger partial charge on any atom is -0.495 e. The molecule has 7 nitrogen and oxygen atoms in total. The Morgan fingerprint density at radius 2 is 1.80 bits per heavy atom. The quantitative estimate of drug-likeness (QED) is 0.299. The molecule has 0 radical (unpaired) electrons. The summed E-state index contributed by atoms with van der Waals surface area (Å²) in [5, 5.41) is 6.71. The fraction of sp³-hybridized carbons (Fsp3) is 0.154. The maximum atomic E-state index is 13.9. The molecular weight excluding hydrogens is 532 g/mol. The summed E-state index contributed by atoms with van der Waals surface area (Å²) in [6.07, 6.45) is 0. The summed E-state index contributed by atoms with van der Waals surface area (Å²) in [4.78, 5) is 18.6. The van der Waals surface area contributed by atoms with Crippen molar-refractivity contribution in [3.05, 3.63) is 87.0 Å². The van der Waals surface area contributed by atoms with Gasteiger partial charge in [-0.25, -0.2) is 4.98 Å². The zero-order valence-electron chi connectivity index (χ0n) is 19.2. The first-order chi connectivity index (χ1) is 16.9. The van der Waals surface area contributed by atoms with Crippen LogP contribution in [0.15, 0.2) is 76.4 Å². The minimum absolute atomic E-state index is 0.283. The first-order valence-electron chi connectivity index (χ1n) is 10.8. The molecule has 4 aromatic rings. The van der Waals surface area contributed by atoms with E-state index in [1.165, 1.54) is 14.2 Å². The van der Waals surface area contributed by atoms with E-state index in [0.717, 1.165) is 21.1 Å². The molecule has 1 atom stereocenters. The highest BCUT2D eigenvalue weighted by Gasteiger charge is 2.34. The Labute approximate surface area is 215 Å². The summed E-state index contributed by atoms with van der Waals surface area (Å²) in [7, 11) is 3.04. The van der Waals surface area contributed by atoms with Gasteiger partial charge in [0.05, 0.1) is 47.6 Å². The van der Waals surface area contributed by atoms with Crippen molar-refractivity contribution in [2.24, 2.45) is 0 Å². The number of ether oxygens (including phenoxy) is 2. The Bertz CT molecular complexity index is 1480. The van der Waals surface area contributed by atoms with Crippen LogP contribution in [-0.2, 0) is 4.79 Å². The largest absolute Gasteiger partial charge is 0.495 e. The van der Waals surface area contributed by atoms with Gasteiger partial charge in [0, 0.05) is 22.3 Å². The standard InChI is InChI=1S/C26H22BrClN4O3/c1-14-23(25(33)30-19-13-21(34-2)17(28)12-22(19)35-3)24(15-8-10-16(27)11-9-15)32-20-7-5-4-6-18(20)31-26(32)29-14/h4-13,24H,1-3H3,(H,29,31)(H,30,33)/t24-/m0/s1. The second-order valence-corrected chi connectivity index (χ2v) is 9.38. The molecule has 35 heavy (non-hydrogen) atoms. The number of carbonyl (C=O) groups excluding carboxylic acids is 1. The molecule has 1 aromatic heterocycles. The number of carbonyl (C=O) groups is 1. The number of allylic oxidation sites excluding steroid dienone is 1. The van der Waals surface area contributed by atoms with E-state index < -0.39 is 6.04 Å². The van der Waals surface area contributed by atoms with Crippen LogP contribution < -0.4 is 20.1 Å². The number of aromatic nitrogens is 2. The molecule has 3 aromatic carbocycles. The lowest BCUT2D eigenvalue weighted by Gasteiger charge is -2.31. The van der Waals surface area contributed by atoms with Gasteiger partial charge in [0.1, 0.15) is 11.5 Å². The van der Waals surface area contributed by atoms with Crippen molar-refractivity contribution in [3.63, 3.8) is 0 Å². The maximum Gasteiger partial charge on any atom is 0.255 e. The van der Waals surface area contributed by atoms with E-state index in [2.05, 4.69) is 31.1 Å². The van der Waals surface area contributed by atoms with Crippen molar-refractivity contribution >= 4 is 56.1 Å². The smallest absolute Gasteiger partial charge is 0.255 e. The van der Waals surface area contributed by atoms with Gasteiger partial charge in [0.15, 0.2) is 0 Å². The van der Waals surface area contributed by atoms with Gasteiger partial charge in [-0.1, -0.05) is 51.8 Å². The number of anilines is 2. The predicted molar refractivity (Wildman–Crippen MR) is 142 cm³/mol. The molecule has 0 bridgehead atoms. The molecule has 0 fully saturated rings. The highest BCUT2D eigenvalue weighted by Crippen LogP contribution is 2.41. The molecule has 0 aliphatic carbocycles. The van der Waals surface area contributed by atoms with Crippen LogP contribution in [0.5, 0.6) is 11.5 Å². The molecule has 2 heterocycles. The Balaban J connectivity index is 1.64. The van der Waals surface area contributed by atoms with Crippen LogP contribution in [0.25, 0.3) is 11.0 Å². The first-order valence-corrected chi connectivity index (χ1v) is 12.0. The second kappa shape index (κ2) is 9.28. The van der Waals surface area contributed by atoms with E-state index in [0.29, 0.717) is 39.4 Å². The normalized spacial score (nSPS) is 14.9. The molecule has 5 rings (SSSR count). The van der Waals surface area contributed by atoms with Crippen molar-refractivity contribution in [3.8, 4) is 11.5 Å². The van der Waals surface area contributed by atoms with E-state index in [-0.39, 0.29) is 5.91 Å². The zero-order chi connectivity index (χ0) is 24.7. The molecule has 9 heteroatoms. The third-order valence-corrected chi connectivity index (χ3v) is 6.81. The maximum absolute atomic E-state index is 13.9. The fourth-order valence-electron chi connectivity index (χ4n) is 4.37. The van der Waals surface area contributed by atoms with E-state index in [1.807, 2.05) is 55.5 Å². The van der Waals surface area contributed by atoms with Crippen molar-refractivity contribution in [1.29, 1.82) is 0 Å². The Morgan fingerprint density at radius 3 is 2.51 bits per heavy atom.